The number of amides is 1. The van der Waals surface area contributed by atoms with E-state index in [1.165, 1.54) is 17.2 Å². The molecular weight excluding hydrogens is 391 g/mol. The van der Waals surface area contributed by atoms with Crippen molar-refractivity contribution in [3.63, 3.8) is 0 Å². The van der Waals surface area contributed by atoms with Crippen LogP contribution in [-0.4, -0.2) is 47.0 Å². The lowest BCUT2D eigenvalue weighted by atomic mass is 10.0. The molecule has 4 rings (SSSR count). The van der Waals surface area contributed by atoms with Gasteiger partial charge in [-0.1, -0.05) is 42.0 Å². The quantitative estimate of drug-likeness (QED) is 0.640. The first kappa shape index (κ1) is 21.0. The second-order valence-electron chi connectivity index (χ2n) is 8.08. The zero-order chi connectivity index (χ0) is 22.0. The number of nitrogens with zero attached hydrogens (tertiary/aromatic N) is 4. The molecule has 1 saturated heterocycles. The van der Waals surface area contributed by atoms with Crippen molar-refractivity contribution in [2.75, 3.05) is 31.1 Å². The molecule has 0 atom stereocenters. The highest BCUT2D eigenvalue weighted by molar-refractivity contribution is 5.94. The number of aryl methyl sites for hydroxylation is 3. The molecule has 0 unspecified atom stereocenters. The van der Waals surface area contributed by atoms with Crippen LogP contribution in [0, 0.1) is 26.6 Å². The number of anilines is 1. The summed E-state index contributed by atoms with van der Waals surface area (Å²) < 4.78 is 14.0. The van der Waals surface area contributed by atoms with Gasteiger partial charge >= 0.3 is 0 Å². The highest BCUT2D eigenvalue weighted by Gasteiger charge is 2.26. The molecule has 6 heteroatoms. The van der Waals surface area contributed by atoms with Crippen LogP contribution in [0.25, 0.3) is 0 Å². The van der Waals surface area contributed by atoms with Crippen molar-refractivity contribution in [3.05, 3.63) is 88.1 Å². The molecule has 1 amide bonds. The summed E-state index contributed by atoms with van der Waals surface area (Å²) in [5.41, 5.74) is 4.68. The first-order chi connectivity index (χ1) is 14.9. The van der Waals surface area contributed by atoms with Gasteiger partial charge in [0.2, 0.25) is 0 Å². The Morgan fingerprint density at radius 1 is 0.968 bits per heavy atom. The monoisotopic (exact) mass is 418 g/mol. The van der Waals surface area contributed by atoms with Crippen LogP contribution in [0.5, 0.6) is 0 Å². The van der Waals surface area contributed by atoms with E-state index in [9.17, 15) is 9.18 Å². The Morgan fingerprint density at radius 2 is 1.71 bits per heavy atom. The maximum absolute atomic E-state index is 14.0. The first-order valence-electron chi connectivity index (χ1n) is 10.6. The molecule has 0 saturated carbocycles. The smallest absolute Gasteiger partial charge is 0.256 e. The molecule has 1 aromatic heterocycles. The van der Waals surface area contributed by atoms with Gasteiger partial charge in [-0.05, 0) is 38.5 Å². The molecule has 3 aromatic rings. The molecule has 5 nitrogen and oxygen atoms in total. The van der Waals surface area contributed by atoms with Crippen LogP contribution < -0.4 is 4.90 Å². The minimum atomic E-state index is -0.475. The second-order valence-corrected chi connectivity index (χ2v) is 8.08. The van der Waals surface area contributed by atoms with Crippen LogP contribution in [0.1, 0.15) is 38.6 Å². The summed E-state index contributed by atoms with van der Waals surface area (Å²) in [5, 5.41) is 0. The van der Waals surface area contributed by atoms with Crippen molar-refractivity contribution >= 4 is 11.7 Å². The number of carbonyl (C=O) groups excluding carboxylic acids is 1. The van der Waals surface area contributed by atoms with Gasteiger partial charge in [0.15, 0.2) is 0 Å². The Labute approximate surface area is 182 Å². The number of benzene rings is 2. The topological polar surface area (TPSA) is 49.3 Å². The van der Waals surface area contributed by atoms with Crippen LogP contribution in [0.2, 0.25) is 0 Å². The van der Waals surface area contributed by atoms with Gasteiger partial charge in [-0.25, -0.2) is 14.4 Å². The van der Waals surface area contributed by atoms with Crippen molar-refractivity contribution in [2.45, 2.75) is 27.2 Å². The molecule has 2 heterocycles. The zero-order valence-electron chi connectivity index (χ0n) is 18.2. The standard InChI is InChI=1S/C25H27FN4O/c1-17-7-6-8-20(15-17)16-22-18(2)27-19(3)28-24(22)29-11-13-30(14-12-29)25(31)21-9-4-5-10-23(21)26/h4-10,15H,11-14,16H2,1-3H3. The number of aromatic nitrogens is 2. The van der Waals surface area contributed by atoms with Crippen molar-refractivity contribution in [1.82, 2.24) is 14.9 Å². The van der Waals surface area contributed by atoms with E-state index in [-0.39, 0.29) is 11.5 Å². The van der Waals surface area contributed by atoms with Crippen LogP contribution >= 0.6 is 0 Å². The van der Waals surface area contributed by atoms with Crippen molar-refractivity contribution in [3.8, 4) is 0 Å². The third-order valence-corrected chi connectivity index (χ3v) is 5.74. The molecule has 1 aliphatic rings. The summed E-state index contributed by atoms with van der Waals surface area (Å²) in [5.74, 6) is 0.944. The molecule has 31 heavy (non-hydrogen) atoms. The summed E-state index contributed by atoms with van der Waals surface area (Å²) in [7, 11) is 0. The van der Waals surface area contributed by atoms with Gasteiger partial charge in [-0.15, -0.1) is 0 Å². The lowest BCUT2D eigenvalue weighted by molar-refractivity contribution is 0.0741. The average Bonchev–Trinajstić information content (AvgIpc) is 2.75. The van der Waals surface area contributed by atoms with E-state index in [4.69, 9.17) is 4.98 Å². The molecule has 0 spiro atoms. The predicted octanol–water partition coefficient (Wildman–Crippen LogP) is 4.09. The molecule has 1 fully saturated rings. The van der Waals surface area contributed by atoms with E-state index in [1.807, 2.05) is 13.8 Å². The van der Waals surface area contributed by atoms with Crippen molar-refractivity contribution < 1.29 is 9.18 Å². The molecule has 1 aliphatic heterocycles. The molecular formula is C25H27FN4O. The Hall–Kier alpha value is -3.28. The maximum atomic E-state index is 14.0. The van der Waals surface area contributed by atoms with Crippen LogP contribution in [0.4, 0.5) is 10.2 Å². The van der Waals surface area contributed by atoms with E-state index in [1.54, 1.807) is 23.1 Å². The minimum Gasteiger partial charge on any atom is -0.353 e. The number of hydrogen-bond acceptors (Lipinski definition) is 4. The van der Waals surface area contributed by atoms with Crippen LogP contribution in [-0.2, 0) is 6.42 Å². The average molecular weight is 419 g/mol. The summed E-state index contributed by atoms with van der Waals surface area (Å²) in [6.45, 7) is 8.38. The van der Waals surface area contributed by atoms with Gasteiger partial charge in [-0.2, -0.15) is 0 Å². The highest BCUT2D eigenvalue weighted by Crippen LogP contribution is 2.26. The molecule has 2 aromatic carbocycles. The van der Waals surface area contributed by atoms with E-state index in [0.717, 1.165) is 29.3 Å². The highest BCUT2D eigenvalue weighted by atomic mass is 19.1. The Morgan fingerprint density at radius 3 is 2.42 bits per heavy atom. The number of rotatable bonds is 4. The number of piperazine rings is 1. The molecule has 160 valence electrons. The largest absolute Gasteiger partial charge is 0.353 e. The summed E-state index contributed by atoms with van der Waals surface area (Å²) in [6, 6.07) is 14.6. The van der Waals surface area contributed by atoms with Crippen LogP contribution in [0.3, 0.4) is 0 Å². The van der Waals surface area contributed by atoms with E-state index < -0.39 is 5.82 Å². The van der Waals surface area contributed by atoms with Gasteiger partial charge in [0.1, 0.15) is 17.5 Å². The number of hydrogen-bond donors (Lipinski definition) is 0. The Balaban J connectivity index is 1.54. The molecule has 0 N–H and O–H groups in total. The van der Waals surface area contributed by atoms with Crippen LogP contribution in [0.15, 0.2) is 48.5 Å². The number of carbonyl (C=O) groups is 1. The lowest BCUT2D eigenvalue weighted by Crippen LogP contribution is -2.49. The Kier molecular flexibility index (Phi) is 5.98. The fraction of sp³-hybridized carbons (Fsp3) is 0.320. The maximum Gasteiger partial charge on any atom is 0.256 e. The molecule has 0 bridgehead atoms. The molecule has 0 radical (unpaired) electrons. The third-order valence-electron chi connectivity index (χ3n) is 5.74. The summed E-state index contributed by atoms with van der Waals surface area (Å²) in [6.07, 6.45) is 0.761. The Bertz CT molecular complexity index is 1110. The summed E-state index contributed by atoms with van der Waals surface area (Å²) >= 11 is 0. The number of halogens is 1. The van der Waals surface area contributed by atoms with E-state index >= 15 is 0 Å². The first-order valence-corrected chi connectivity index (χ1v) is 10.6. The fourth-order valence-electron chi connectivity index (χ4n) is 4.14. The second kappa shape index (κ2) is 8.84. The van der Waals surface area contributed by atoms with Crippen molar-refractivity contribution in [2.24, 2.45) is 0 Å². The minimum absolute atomic E-state index is 0.129. The normalized spacial score (nSPS) is 14.1. The van der Waals surface area contributed by atoms with Crippen molar-refractivity contribution in [1.29, 1.82) is 0 Å². The fourth-order valence-corrected chi connectivity index (χ4v) is 4.14. The zero-order valence-corrected chi connectivity index (χ0v) is 18.2. The summed E-state index contributed by atoms with van der Waals surface area (Å²) in [4.78, 5) is 26.1. The van der Waals surface area contributed by atoms with E-state index in [2.05, 4.69) is 41.1 Å². The lowest BCUT2D eigenvalue weighted by Gasteiger charge is -2.36. The van der Waals surface area contributed by atoms with Gasteiger partial charge in [-0.3, -0.25) is 4.79 Å². The van der Waals surface area contributed by atoms with Gasteiger partial charge in [0.05, 0.1) is 5.56 Å². The van der Waals surface area contributed by atoms with Gasteiger partial charge in [0.25, 0.3) is 5.91 Å². The predicted molar refractivity (Wildman–Crippen MR) is 120 cm³/mol. The van der Waals surface area contributed by atoms with Gasteiger partial charge < -0.3 is 9.80 Å². The SMILES string of the molecule is Cc1cccc(Cc2c(C)nc(C)nc2N2CCN(C(=O)c3ccccc3F)CC2)c1. The van der Waals surface area contributed by atoms with E-state index in [0.29, 0.717) is 26.2 Å². The molecule has 0 aliphatic carbocycles. The van der Waals surface area contributed by atoms with Gasteiger partial charge in [0, 0.05) is 43.9 Å². The third kappa shape index (κ3) is 4.58.